The van der Waals surface area contributed by atoms with Gasteiger partial charge in [0, 0.05) is 24.3 Å². The van der Waals surface area contributed by atoms with Crippen LogP contribution in [0.15, 0.2) is 30.3 Å². The number of amides is 3. The van der Waals surface area contributed by atoms with Gasteiger partial charge in [-0.3, -0.25) is 19.1 Å². The first-order valence-corrected chi connectivity index (χ1v) is 11.6. The molecule has 0 bridgehead atoms. The molecular weight excluding hydrogens is 422 g/mol. The van der Waals surface area contributed by atoms with E-state index >= 15 is 0 Å². The zero-order valence-corrected chi connectivity index (χ0v) is 19.4. The van der Waals surface area contributed by atoms with Gasteiger partial charge >= 0.3 is 0 Å². The predicted molar refractivity (Wildman–Crippen MR) is 123 cm³/mol. The highest BCUT2D eigenvalue weighted by Gasteiger charge is 2.48. The standard InChI is InChI=1S/C24H31N5O4/c1-4-28-22(31)20-14-19(21(30)25-17-10-12-18(13-11-17)33-5-2)27-29(20)15-24(28,3)23(32)26-16-8-6-7-9-16/h10-14,16H,4-9,15H2,1-3H3,(H,25,30)(H,26,32)/t24-/m0/s1. The minimum atomic E-state index is -1.07. The smallest absolute Gasteiger partial charge is 0.276 e. The molecule has 0 spiro atoms. The van der Waals surface area contributed by atoms with E-state index in [0.29, 0.717) is 30.3 Å². The molecule has 1 aliphatic carbocycles. The Bertz CT molecular complexity index is 1040. The molecule has 1 aliphatic heterocycles. The van der Waals surface area contributed by atoms with E-state index < -0.39 is 11.4 Å². The van der Waals surface area contributed by atoms with Gasteiger partial charge in [0.1, 0.15) is 17.0 Å². The van der Waals surface area contributed by atoms with Gasteiger partial charge in [-0.1, -0.05) is 12.8 Å². The third-order valence-electron chi connectivity index (χ3n) is 6.45. The van der Waals surface area contributed by atoms with Crippen molar-refractivity contribution in [2.24, 2.45) is 0 Å². The Hall–Kier alpha value is -3.36. The quantitative estimate of drug-likeness (QED) is 0.671. The van der Waals surface area contributed by atoms with Gasteiger partial charge in [0.25, 0.3) is 11.8 Å². The highest BCUT2D eigenvalue weighted by atomic mass is 16.5. The molecule has 1 aromatic carbocycles. The van der Waals surface area contributed by atoms with Crippen LogP contribution in [-0.2, 0) is 11.3 Å². The van der Waals surface area contributed by atoms with E-state index in [9.17, 15) is 14.4 Å². The van der Waals surface area contributed by atoms with Gasteiger partial charge in [-0.2, -0.15) is 5.10 Å². The molecule has 0 radical (unpaired) electrons. The van der Waals surface area contributed by atoms with Crippen LogP contribution in [0.4, 0.5) is 5.69 Å². The highest BCUT2D eigenvalue weighted by molar-refractivity contribution is 6.06. The van der Waals surface area contributed by atoms with Crippen LogP contribution >= 0.6 is 0 Å². The van der Waals surface area contributed by atoms with E-state index in [0.717, 1.165) is 25.7 Å². The van der Waals surface area contributed by atoms with Gasteiger partial charge in [0.15, 0.2) is 5.69 Å². The first-order chi connectivity index (χ1) is 15.9. The Balaban J connectivity index is 1.53. The molecule has 9 heteroatoms. The van der Waals surface area contributed by atoms with Gasteiger partial charge < -0.3 is 20.3 Å². The van der Waals surface area contributed by atoms with Crippen LogP contribution in [0.2, 0.25) is 0 Å². The fraction of sp³-hybridized carbons (Fsp3) is 0.500. The zero-order valence-electron chi connectivity index (χ0n) is 19.4. The first-order valence-electron chi connectivity index (χ1n) is 11.6. The summed E-state index contributed by atoms with van der Waals surface area (Å²) in [5, 5.41) is 10.3. The third kappa shape index (κ3) is 4.44. The minimum Gasteiger partial charge on any atom is -0.494 e. The molecule has 1 aromatic heterocycles. The molecule has 1 saturated carbocycles. The van der Waals surface area contributed by atoms with Gasteiger partial charge in [0.2, 0.25) is 5.91 Å². The molecule has 2 N–H and O–H groups in total. The Labute approximate surface area is 193 Å². The largest absolute Gasteiger partial charge is 0.494 e. The van der Waals surface area contributed by atoms with Crippen molar-refractivity contribution in [3.05, 3.63) is 41.7 Å². The molecule has 1 atom stereocenters. The summed E-state index contributed by atoms with van der Waals surface area (Å²) in [5.74, 6) is -0.186. The number of rotatable bonds is 7. The molecule has 33 heavy (non-hydrogen) atoms. The molecule has 4 rings (SSSR count). The summed E-state index contributed by atoms with van der Waals surface area (Å²) >= 11 is 0. The number of anilines is 1. The summed E-state index contributed by atoms with van der Waals surface area (Å²) in [4.78, 5) is 40.8. The molecular formula is C24H31N5O4. The second-order valence-corrected chi connectivity index (χ2v) is 8.76. The number of benzene rings is 1. The van der Waals surface area contributed by atoms with Crippen molar-refractivity contribution in [2.75, 3.05) is 18.5 Å². The highest BCUT2D eigenvalue weighted by Crippen LogP contribution is 2.29. The lowest BCUT2D eigenvalue weighted by Crippen LogP contribution is -2.64. The summed E-state index contributed by atoms with van der Waals surface area (Å²) in [5.41, 5.74) is -0.0451. The molecule has 2 aromatic rings. The third-order valence-corrected chi connectivity index (χ3v) is 6.45. The number of likely N-dealkylation sites (N-methyl/N-ethyl adjacent to an activating group) is 1. The number of fused-ring (bicyclic) bond motifs is 1. The molecule has 0 saturated heterocycles. The minimum absolute atomic E-state index is 0.128. The summed E-state index contributed by atoms with van der Waals surface area (Å²) in [6.45, 7) is 6.66. The fourth-order valence-corrected chi connectivity index (χ4v) is 4.65. The lowest BCUT2D eigenvalue weighted by Gasteiger charge is -2.43. The molecule has 2 heterocycles. The van der Waals surface area contributed by atoms with E-state index in [1.807, 2.05) is 13.8 Å². The van der Waals surface area contributed by atoms with Crippen LogP contribution in [-0.4, -0.2) is 57.1 Å². The van der Waals surface area contributed by atoms with Crippen molar-refractivity contribution in [3.63, 3.8) is 0 Å². The monoisotopic (exact) mass is 453 g/mol. The van der Waals surface area contributed by atoms with Gasteiger partial charge in [-0.15, -0.1) is 0 Å². The van der Waals surface area contributed by atoms with Crippen LogP contribution in [0.1, 0.15) is 67.4 Å². The number of nitrogens with zero attached hydrogens (tertiary/aromatic N) is 3. The lowest BCUT2D eigenvalue weighted by atomic mass is 9.94. The number of aromatic nitrogens is 2. The van der Waals surface area contributed by atoms with Crippen molar-refractivity contribution in [1.29, 1.82) is 0 Å². The van der Waals surface area contributed by atoms with Crippen LogP contribution in [0.25, 0.3) is 0 Å². The number of hydrogen-bond donors (Lipinski definition) is 2. The Kier molecular flexibility index (Phi) is 6.40. The molecule has 0 unspecified atom stereocenters. The lowest BCUT2D eigenvalue weighted by molar-refractivity contribution is -0.133. The van der Waals surface area contributed by atoms with Crippen molar-refractivity contribution >= 4 is 23.4 Å². The average molecular weight is 454 g/mol. The van der Waals surface area contributed by atoms with Gasteiger partial charge in [0.05, 0.1) is 13.2 Å². The number of carbonyl (C=O) groups is 3. The maximum Gasteiger partial charge on any atom is 0.276 e. The van der Waals surface area contributed by atoms with E-state index in [1.54, 1.807) is 36.1 Å². The molecule has 9 nitrogen and oxygen atoms in total. The maximum atomic E-state index is 13.2. The van der Waals surface area contributed by atoms with E-state index in [-0.39, 0.29) is 30.1 Å². The maximum absolute atomic E-state index is 13.2. The van der Waals surface area contributed by atoms with Crippen LogP contribution < -0.4 is 15.4 Å². The topological polar surface area (TPSA) is 106 Å². The van der Waals surface area contributed by atoms with Crippen LogP contribution in [0.5, 0.6) is 5.75 Å². The van der Waals surface area contributed by atoms with Crippen molar-refractivity contribution in [3.8, 4) is 5.75 Å². The fourth-order valence-electron chi connectivity index (χ4n) is 4.65. The van der Waals surface area contributed by atoms with Gasteiger partial charge in [-0.05, 0) is 57.9 Å². The molecule has 176 valence electrons. The van der Waals surface area contributed by atoms with Crippen molar-refractivity contribution in [2.45, 2.75) is 64.6 Å². The second-order valence-electron chi connectivity index (χ2n) is 8.76. The number of nitrogens with one attached hydrogen (secondary N) is 2. The van der Waals surface area contributed by atoms with E-state index in [2.05, 4.69) is 15.7 Å². The van der Waals surface area contributed by atoms with Crippen LogP contribution in [0.3, 0.4) is 0 Å². The predicted octanol–water partition coefficient (Wildman–Crippen LogP) is 2.83. The zero-order chi connectivity index (χ0) is 23.6. The first kappa shape index (κ1) is 22.8. The average Bonchev–Trinajstić information content (AvgIpc) is 3.45. The van der Waals surface area contributed by atoms with Gasteiger partial charge in [-0.25, -0.2) is 0 Å². The molecule has 1 fully saturated rings. The van der Waals surface area contributed by atoms with E-state index in [4.69, 9.17) is 4.74 Å². The number of ether oxygens (including phenoxy) is 1. The Morgan fingerprint density at radius 3 is 2.52 bits per heavy atom. The summed E-state index contributed by atoms with van der Waals surface area (Å²) in [6, 6.07) is 8.67. The van der Waals surface area contributed by atoms with Crippen LogP contribution in [0, 0.1) is 0 Å². The number of hydrogen-bond acceptors (Lipinski definition) is 5. The SMILES string of the molecule is CCOc1ccc(NC(=O)c2cc3n(n2)C[C@@](C)(C(=O)NC2CCCC2)N(CC)C3=O)cc1. The number of carbonyl (C=O) groups excluding carboxylic acids is 3. The van der Waals surface area contributed by atoms with Crippen molar-refractivity contribution in [1.82, 2.24) is 20.0 Å². The second kappa shape index (κ2) is 9.25. The summed E-state index contributed by atoms with van der Waals surface area (Å²) in [6.07, 6.45) is 4.14. The summed E-state index contributed by atoms with van der Waals surface area (Å²) < 4.78 is 6.90. The van der Waals surface area contributed by atoms with E-state index in [1.165, 1.54) is 10.7 Å². The normalized spacial score (nSPS) is 20.5. The summed E-state index contributed by atoms with van der Waals surface area (Å²) in [7, 11) is 0. The molecule has 3 amide bonds. The van der Waals surface area contributed by atoms with Crippen molar-refractivity contribution < 1.29 is 19.1 Å². The Morgan fingerprint density at radius 1 is 1.18 bits per heavy atom. The Morgan fingerprint density at radius 2 is 1.88 bits per heavy atom. The molecule has 2 aliphatic rings.